The van der Waals surface area contributed by atoms with Gasteiger partial charge >= 0.3 is 0 Å². The van der Waals surface area contributed by atoms with Gasteiger partial charge in [-0.2, -0.15) is 0 Å². The van der Waals surface area contributed by atoms with Crippen LogP contribution < -0.4 is 5.32 Å². The maximum atomic E-state index is 12.1. The smallest absolute Gasteiger partial charge is 0.284 e. The van der Waals surface area contributed by atoms with Crippen molar-refractivity contribution in [3.05, 3.63) is 70.4 Å². The number of amides is 1. The SMILES string of the molecule is O=C(Cc1nc(CSc2nnc(-c3ccco3)o2)cs1)NCc1ccccc1. The molecule has 0 radical (unpaired) electrons. The minimum atomic E-state index is -0.0441. The summed E-state index contributed by atoms with van der Waals surface area (Å²) in [4.78, 5) is 16.6. The van der Waals surface area contributed by atoms with E-state index in [0.29, 0.717) is 29.2 Å². The lowest BCUT2D eigenvalue weighted by Crippen LogP contribution is -2.24. The van der Waals surface area contributed by atoms with Crippen LogP contribution in [0.4, 0.5) is 0 Å². The van der Waals surface area contributed by atoms with Crippen molar-refractivity contribution in [2.45, 2.75) is 23.9 Å². The molecule has 0 spiro atoms. The summed E-state index contributed by atoms with van der Waals surface area (Å²) >= 11 is 2.86. The summed E-state index contributed by atoms with van der Waals surface area (Å²) in [5.74, 6) is 1.43. The van der Waals surface area contributed by atoms with Gasteiger partial charge in [0.05, 0.1) is 18.4 Å². The molecule has 0 saturated carbocycles. The number of thiazole rings is 1. The van der Waals surface area contributed by atoms with Gasteiger partial charge in [-0.05, 0) is 17.7 Å². The number of nitrogens with zero attached hydrogens (tertiary/aromatic N) is 3. The maximum absolute atomic E-state index is 12.1. The van der Waals surface area contributed by atoms with E-state index in [9.17, 15) is 4.79 Å². The Kier molecular flexibility index (Phi) is 5.83. The number of hydrogen-bond donors (Lipinski definition) is 1. The van der Waals surface area contributed by atoms with E-state index >= 15 is 0 Å². The molecule has 3 heterocycles. The number of carbonyl (C=O) groups is 1. The predicted molar refractivity (Wildman–Crippen MR) is 106 cm³/mol. The second kappa shape index (κ2) is 8.85. The van der Waals surface area contributed by atoms with Crippen molar-refractivity contribution in [3.8, 4) is 11.7 Å². The van der Waals surface area contributed by atoms with Crippen molar-refractivity contribution in [1.29, 1.82) is 0 Å². The van der Waals surface area contributed by atoms with Gasteiger partial charge in [0.1, 0.15) is 5.01 Å². The molecule has 0 aliphatic rings. The van der Waals surface area contributed by atoms with Crippen LogP contribution in [0, 0.1) is 0 Å². The van der Waals surface area contributed by atoms with Crippen LogP contribution in [0.5, 0.6) is 0 Å². The number of aromatic nitrogens is 3. The van der Waals surface area contributed by atoms with E-state index in [0.717, 1.165) is 16.3 Å². The Morgan fingerprint density at radius 1 is 1.14 bits per heavy atom. The molecular weight excluding hydrogens is 396 g/mol. The van der Waals surface area contributed by atoms with E-state index in [2.05, 4.69) is 20.5 Å². The standard InChI is InChI=1S/C19H16N4O3S2/c24-16(20-10-13-5-2-1-3-6-13)9-17-21-14(11-27-17)12-28-19-23-22-18(26-19)15-7-4-8-25-15/h1-8,11H,9-10,12H2,(H,20,24). The molecule has 1 N–H and O–H groups in total. The molecule has 3 aromatic heterocycles. The second-order valence-corrected chi connectivity index (χ2v) is 7.68. The Hall–Kier alpha value is -2.91. The highest BCUT2D eigenvalue weighted by molar-refractivity contribution is 7.98. The van der Waals surface area contributed by atoms with Crippen LogP contribution in [0.1, 0.15) is 16.3 Å². The third kappa shape index (κ3) is 4.87. The molecule has 4 aromatic rings. The lowest BCUT2D eigenvalue weighted by molar-refractivity contribution is -0.120. The fraction of sp³-hybridized carbons (Fsp3) is 0.158. The molecule has 9 heteroatoms. The monoisotopic (exact) mass is 412 g/mol. The Morgan fingerprint density at radius 3 is 2.86 bits per heavy atom. The van der Waals surface area contributed by atoms with E-state index in [1.165, 1.54) is 23.1 Å². The Morgan fingerprint density at radius 2 is 2.04 bits per heavy atom. The molecule has 0 fully saturated rings. The molecule has 1 amide bonds. The minimum absolute atomic E-state index is 0.0441. The number of nitrogens with one attached hydrogen (secondary N) is 1. The average Bonchev–Trinajstić information content (AvgIpc) is 3.47. The van der Waals surface area contributed by atoms with Crippen molar-refractivity contribution in [3.63, 3.8) is 0 Å². The van der Waals surface area contributed by atoms with Crippen LogP contribution in [-0.2, 0) is 23.5 Å². The molecule has 0 aliphatic carbocycles. The van der Waals surface area contributed by atoms with Crippen molar-refractivity contribution < 1.29 is 13.6 Å². The molecular formula is C19H16N4O3S2. The van der Waals surface area contributed by atoms with Crippen molar-refractivity contribution >= 4 is 29.0 Å². The highest BCUT2D eigenvalue weighted by Crippen LogP contribution is 2.26. The number of furan rings is 1. The summed E-state index contributed by atoms with van der Waals surface area (Å²) in [7, 11) is 0. The molecule has 28 heavy (non-hydrogen) atoms. The molecule has 142 valence electrons. The second-order valence-electron chi connectivity index (χ2n) is 5.81. The Balaban J connectivity index is 1.25. The first-order valence-electron chi connectivity index (χ1n) is 8.50. The molecule has 0 saturated heterocycles. The molecule has 0 atom stereocenters. The molecule has 0 aliphatic heterocycles. The van der Waals surface area contributed by atoms with Gasteiger partial charge in [-0.1, -0.05) is 42.1 Å². The number of carbonyl (C=O) groups excluding carboxylic acids is 1. The topological polar surface area (TPSA) is 94.0 Å². The Labute approximate surface area is 169 Å². The van der Waals surface area contributed by atoms with E-state index in [1.807, 2.05) is 35.7 Å². The number of benzene rings is 1. The number of hydrogen-bond acceptors (Lipinski definition) is 8. The van der Waals surface area contributed by atoms with E-state index in [1.54, 1.807) is 18.4 Å². The summed E-state index contributed by atoms with van der Waals surface area (Å²) in [6.07, 6.45) is 1.82. The lowest BCUT2D eigenvalue weighted by Gasteiger charge is -2.03. The van der Waals surface area contributed by atoms with E-state index in [4.69, 9.17) is 8.83 Å². The van der Waals surface area contributed by atoms with Gasteiger partial charge < -0.3 is 14.2 Å². The van der Waals surface area contributed by atoms with Crippen LogP contribution >= 0.6 is 23.1 Å². The first-order chi connectivity index (χ1) is 13.8. The summed E-state index contributed by atoms with van der Waals surface area (Å²) < 4.78 is 10.8. The molecule has 7 nitrogen and oxygen atoms in total. The third-order valence-electron chi connectivity index (χ3n) is 3.73. The fourth-order valence-corrected chi connectivity index (χ4v) is 3.95. The van der Waals surface area contributed by atoms with Crippen LogP contribution in [0.2, 0.25) is 0 Å². The highest BCUT2D eigenvalue weighted by Gasteiger charge is 2.13. The van der Waals surface area contributed by atoms with Gasteiger partial charge in [0.15, 0.2) is 5.76 Å². The van der Waals surface area contributed by atoms with Gasteiger partial charge in [-0.25, -0.2) is 4.98 Å². The van der Waals surface area contributed by atoms with Crippen molar-refractivity contribution in [2.24, 2.45) is 0 Å². The van der Waals surface area contributed by atoms with Gasteiger partial charge in [-0.3, -0.25) is 4.79 Å². The van der Waals surface area contributed by atoms with E-state index < -0.39 is 0 Å². The van der Waals surface area contributed by atoms with Gasteiger partial charge in [0.25, 0.3) is 11.1 Å². The molecule has 1 aromatic carbocycles. The summed E-state index contributed by atoms with van der Waals surface area (Å²) in [6.45, 7) is 0.517. The van der Waals surface area contributed by atoms with Crippen LogP contribution in [0.25, 0.3) is 11.7 Å². The zero-order valence-electron chi connectivity index (χ0n) is 14.7. The van der Waals surface area contributed by atoms with E-state index in [-0.39, 0.29) is 12.3 Å². The Bertz CT molecular complexity index is 1030. The molecule has 0 unspecified atom stereocenters. The largest absolute Gasteiger partial charge is 0.459 e. The zero-order chi connectivity index (χ0) is 19.2. The van der Waals surface area contributed by atoms with Crippen LogP contribution in [-0.4, -0.2) is 21.1 Å². The van der Waals surface area contributed by atoms with Gasteiger partial charge in [-0.15, -0.1) is 21.5 Å². The average molecular weight is 412 g/mol. The van der Waals surface area contributed by atoms with Crippen LogP contribution in [0.3, 0.4) is 0 Å². The van der Waals surface area contributed by atoms with Crippen LogP contribution in [0.15, 0.2) is 68.2 Å². The van der Waals surface area contributed by atoms with Crippen molar-refractivity contribution in [2.75, 3.05) is 0 Å². The first kappa shape index (κ1) is 18.5. The van der Waals surface area contributed by atoms with Crippen molar-refractivity contribution in [1.82, 2.24) is 20.5 Å². The first-order valence-corrected chi connectivity index (χ1v) is 10.4. The maximum Gasteiger partial charge on any atom is 0.284 e. The van der Waals surface area contributed by atoms with Gasteiger partial charge in [0.2, 0.25) is 5.91 Å². The third-order valence-corrected chi connectivity index (χ3v) is 5.48. The summed E-state index contributed by atoms with van der Waals surface area (Å²) in [5, 5.41) is 14.0. The normalized spacial score (nSPS) is 10.9. The lowest BCUT2D eigenvalue weighted by atomic mass is 10.2. The van der Waals surface area contributed by atoms with Gasteiger partial charge in [0, 0.05) is 17.7 Å². The number of thioether (sulfide) groups is 1. The summed E-state index contributed by atoms with van der Waals surface area (Å²) in [5.41, 5.74) is 1.94. The zero-order valence-corrected chi connectivity index (χ0v) is 16.3. The number of rotatable bonds is 8. The quantitative estimate of drug-likeness (QED) is 0.438. The summed E-state index contributed by atoms with van der Waals surface area (Å²) in [6, 6.07) is 13.3. The molecule has 4 rings (SSSR count). The highest BCUT2D eigenvalue weighted by atomic mass is 32.2. The molecule has 0 bridgehead atoms. The fourth-order valence-electron chi connectivity index (χ4n) is 2.40. The minimum Gasteiger partial charge on any atom is -0.459 e. The predicted octanol–water partition coefficient (Wildman–Crippen LogP) is 3.94.